The Kier molecular flexibility index (Phi) is 7.25. The summed E-state index contributed by atoms with van der Waals surface area (Å²) in [5.74, 6) is 2.14. The molecular weight excluding hydrogens is 400 g/mol. The number of amides is 3. The van der Waals surface area contributed by atoms with E-state index in [9.17, 15) is 9.59 Å². The topological polar surface area (TPSA) is 64.7 Å². The molecule has 0 radical (unpaired) electrons. The van der Waals surface area contributed by atoms with Gasteiger partial charge in [0.2, 0.25) is 5.91 Å². The summed E-state index contributed by atoms with van der Waals surface area (Å²) in [6.07, 6.45) is 16.1. The molecule has 2 saturated carbocycles. The molecule has 0 aromatic rings. The third-order valence-corrected chi connectivity index (χ3v) is 9.05. The fraction of sp³-hybridized carbons (Fsp3) is 0.923. The van der Waals surface area contributed by atoms with Crippen molar-refractivity contribution in [1.82, 2.24) is 20.4 Å². The number of carbonyl (C=O) groups excluding carboxylic acids is 2. The predicted octanol–water partition coefficient (Wildman–Crippen LogP) is 3.90. The van der Waals surface area contributed by atoms with Gasteiger partial charge >= 0.3 is 6.03 Å². The SMILES string of the molecule is O=C(CCC[C@@H]1[C@H]2CCCN3CCC[C@@H](CN1C(=O)NC1CCCCC1)[C@@H]23)NCC1CC1. The van der Waals surface area contributed by atoms with E-state index < -0.39 is 0 Å². The van der Waals surface area contributed by atoms with E-state index in [0.717, 1.165) is 44.7 Å². The molecule has 0 aromatic heterocycles. The second kappa shape index (κ2) is 10.3. The summed E-state index contributed by atoms with van der Waals surface area (Å²) in [5.41, 5.74) is 0. The van der Waals surface area contributed by atoms with Crippen LogP contribution >= 0.6 is 0 Å². The number of carbonyl (C=O) groups is 2. The molecule has 3 saturated heterocycles. The standard InChI is InChI=1S/C26H44N4O2/c31-24(27-17-19-13-14-19)12-4-11-23-22-10-6-16-29-15-5-7-20(25(22)29)18-30(23)26(32)28-21-8-2-1-3-9-21/h19-23,25H,1-18H2,(H,27,31)(H,28,32)/t20-,22+,23+,25-/m0/s1. The average Bonchev–Trinajstić information content (AvgIpc) is 3.64. The van der Waals surface area contributed by atoms with Crippen LogP contribution in [-0.4, -0.2) is 66.0 Å². The zero-order valence-electron chi connectivity index (χ0n) is 19.9. The van der Waals surface area contributed by atoms with Crippen molar-refractivity contribution in [2.24, 2.45) is 17.8 Å². The number of piperidine rings is 3. The minimum Gasteiger partial charge on any atom is -0.356 e. The van der Waals surface area contributed by atoms with Crippen molar-refractivity contribution in [2.75, 3.05) is 26.2 Å². The summed E-state index contributed by atoms with van der Waals surface area (Å²) in [6, 6.07) is 1.49. The smallest absolute Gasteiger partial charge is 0.317 e. The Morgan fingerprint density at radius 2 is 1.66 bits per heavy atom. The lowest BCUT2D eigenvalue weighted by atomic mass is 9.69. The zero-order valence-corrected chi connectivity index (χ0v) is 19.9. The van der Waals surface area contributed by atoms with Gasteiger partial charge in [0.25, 0.3) is 0 Å². The summed E-state index contributed by atoms with van der Waals surface area (Å²) >= 11 is 0. The molecule has 3 aliphatic heterocycles. The molecule has 0 unspecified atom stereocenters. The lowest BCUT2D eigenvalue weighted by Crippen LogP contribution is -2.67. The average molecular weight is 445 g/mol. The van der Waals surface area contributed by atoms with Crippen LogP contribution in [0.2, 0.25) is 0 Å². The van der Waals surface area contributed by atoms with E-state index in [2.05, 4.69) is 20.4 Å². The third-order valence-electron chi connectivity index (χ3n) is 9.05. The normalized spacial score (nSPS) is 33.4. The van der Waals surface area contributed by atoms with Gasteiger partial charge in [-0.25, -0.2) is 4.79 Å². The number of likely N-dealkylation sites (tertiary alicyclic amines) is 1. The molecule has 6 heteroatoms. The molecule has 0 spiro atoms. The van der Waals surface area contributed by atoms with Gasteiger partial charge in [0.15, 0.2) is 0 Å². The summed E-state index contributed by atoms with van der Waals surface area (Å²) in [6.45, 7) is 4.25. The van der Waals surface area contributed by atoms with Crippen LogP contribution in [0.25, 0.3) is 0 Å². The predicted molar refractivity (Wildman–Crippen MR) is 126 cm³/mol. The quantitative estimate of drug-likeness (QED) is 0.626. The van der Waals surface area contributed by atoms with E-state index in [4.69, 9.17) is 0 Å². The molecule has 2 N–H and O–H groups in total. The second-order valence-electron chi connectivity index (χ2n) is 11.4. The fourth-order valence-corrected chi connectivity index (χ4v) is 7.24. The van der Waals surface area contributed by atoms with E-state index in [1.807, 2.05) is 0 Å². The van der Waals surface area contributed by atoms with Gasteiger partial charge in [-0.15, -0.1) is 0 Å². The molecule has 5 rings (SSSR count). The third kappa shape index (κ3) is 5.26. The van der Waals surface area contributed by atoms with E-state index in [1.54, 1.807) is 0 Å². The minimum atomic E-state index is 0.182. The Morgan fingerprint density at radius 1 is 0.875 bits per heavy atom. The Labute approximate surface area is 194 Å². The maximum Gasteiger partial charge on any atom is 0.317 e. The van der Waals surface area contributed by atoms with Crippen LogP contribution in [0.1, 0.15) is 89.9 Å². The number of nitrogens with zero attached hydrogens (tertiary/aromatic N) is 2. The highest BCUT2D eigenvalue weighted by Crippen LogP contribution is 2.43. The largest absolute Gasteiger partial charge is 0.356 e. The molecule has 3 heterocycles. The van der Waals surface area contributed by atoms with Crippen LogP contribution in [0.15, 0.2) is 0 Å². The fourth-order valence-electron chi connectivity index (χ4n) is 7.24. The highest BCUT2D eigenvalue weighted by molar-refractivity contribution is 5.76. The Morgan fingerprint density at radius 3 is 2.44 bits per heavy atom. The first-order valence-corrected chi connectivity index (χ1v) is 13.8. The molecule has 0 bridgehead atoms. The van der Waals surface area contributed by atoms with Gasteiger partial charge < -0.3 is 15.5 Å². The number of nitrogens with one attached hydrogen (secondary N) is 2. The van der Waals surface area contributed by atoms with Crippen molar-refractivity contribution in [3.05, 3.63) is 0 Å². The van der Waals surface area contributed by atoms with Crippen LogP contribution in [0.4, 0.5) is 4.79 Å². The van der Waals surface area contributed by atoms with Gasteiger partial charge in [-0.3, -0.25) is 9.69 Å². The van der Waals surface area contributed by atoms with Crippen LogP contribution in [0.5, 0.6) is 0 Å². The lowest BCUT2D eigenvalue weighted by Gasteiger charge is -2.57. The van der Waals surface area contributed by atoms with E-state index in [-0.39, 0.29) is 18.0 Å². The molecule has 180 valence electrons. The van der Waals surface area contributed by atoms with Gasteiger partial charge in [-0.05, 0) is 95.1 Å². The second-order valence-corrected chi connectivity index (χ2v) is 11.4. The Bertz CT molecular complexity index is 658. The van der Waals surface area contributed by atoms with Crippen LogP contribution < -0.4 is 10.6 Å². The van der Waals surface area contributed by atoms with Gasteiger partial charge in [-0.1, -0.05) is 19.3 Å². The molecule has 2 aliphatic carbocycles. The van der Waals surface area contributed by atoms with E-state index in [1.165, 1.54) is 70.9 Å². The van der Waals surface area contributed by atoms with Crippen molar-refractivity contribution in [1.29, 1.82) is 0 Å². The maximum atomic E-state index is 13.5. The van der Waals surface area contributed by atoms with Crippen LogP contribution in [-0.2, 0) is 4.79 Å². The molecule has 32 heavy (non-hydrogen) atoms. The first kappa shape index (κ1) is 22.5. The van der Waals surface area contributed by atoms with Crippen molar-refractivity contribution < 1.29 is 9.59 Å². The molecule has 4 atom stereocenters. The number of rotatable bonds is 7. The molecule has 5 fully saturated rings. The van der Waals surface area contributed by atoms with Crippen LogP contribution in [0, 0.1) is 17.8 Å². The lowest BCUT2D eigenvalue weighted by molar-refractivity contribution is -0.121. The summed E-state index contributed by atoms with van der Waals surface area (Å²) in [5, 5.41) is 6.54. The van der Waals surface area contributed by atoms with Crippen molar-refractivity contribution in [2.45, 2.75) is 108 Å². The van der Waals surface area contributed by atoms with Crippen molar-refractivity contribution in [3.8, 4) is 0 Å². The minimum absolute atomic E-state index is 0.182. The van der Waals surface area contributed by atoms with Crippen LogP contribution in [0.3, 0.4) is 0 Å². The highest BCUT2D eigenvalue weighted by atomic mass is 16.2. The maximum absolute atomic E-state index is 13.5. The first-order valence-electron chi connectivity index (χ1n) is 13.8. The number of hydrogen-bond acceptors (Lipinski definition) is 3. The van der Waals surface area contributed by atoms with Crippen molar-refractivity contribution >= 4 is 11.9 Å². The number of hydrogen-bond donors (Lipinski definition) is 2. The summed E-state index contributed by atoms with van der Waals surface area (Å²) < 4.78 is 0. The molecular formula is C26H44N4O2. The van der Waals surface area contributed by atoms with Gasteiger partial charge in [0.1, 0.15) is 0 Å². The van der Waals surface area contributed by atoms with Gasteiger partial charge in [0, 0.05) is 37.6 Å². The zero-order chi connectivity index (χ0) is 21.9. The Balaban J connectivity index is 1.24. The monoisotopic (exact) mass is 444 g/mol. The first-order chi connectivity index (χ1) is 15.7. The molecule has 0 aromatic carbocycles. The summed E-state index contributed by atoms with van der Waals surface area (Å²) in [7, 11) is 0. The molecule has 3 amide bonds. The van der Waals surface area contributed by atoms with E-state index >= 15 is 0 Å². The van der Waals surface area contributed by atoms with E-state index in [0.29, 0.717) is 30.3 Å². The van der Waals surface area contributed by atoms with Gasteiger partial charge in [-0.2, -0.15) is 0 Å². The summed E-state index contributed by atoms with van der Waals surface area (Å²) in [4.78, 5) is 30.8. The number of urea groups is 1. The Hall–Kier alpha value is -1.30. The molecule has 6 nitrogen and oxygen atoms in total. The molecule has 5 aliphatic rings. The van der Waals surface area contributed by atoms with Gasteiger partial charge in [0.05, 0.1) is 0 Å². The van der Waals surface area contributed by atoms with Crippen molar-refractivity contribution in [3.63, 3.8) is 0 Å². The highest BCUT2D eigenvalue weighted by Gasteiger charge is 2.49.